The average molecular weight is 505 g/mol. The summed E-state index contributed by atoms with van der Waals surface area (Å²) in [5.41, 5.74) is -0.799. The monoisotopic (exact) mass is 504 g/mol. The van der Waals surface area contributed by atoms with Crippen LogP contribution in [0.25, 0.3) is 0 Å². The number of nitrogens with one attached hydrogen (secondary N) is 1. The molecule has 1 aromatic rings. The summed E-state index contributed by atoms with van der Waals surface area (Å²) in [6.45, 7) is 0.0881. The predicted octanol–water partition coefficient (Wildman–Crippen LogP) is 0.0649. The molecule has 1 saturated heterocycles. The maximum absolute atomic E-state index is 12.1. The van der Waals surface area contributed by atoms with E-state index in [2.05, 4.69) is 43.5 Å². The maximum atomic E-state index is 12.1. The molecule has 1 aliphatic rings. The highest BCUT2D eigenvalue weighted by molar-refractivity contribution is 14.1. The summed E-state index contributed by atoms with van der Waals surface area (Å²) in [5, 5.41) is 19.6. The maximum Gasteiger partial charge on any atom is 0.330 e. The molecule has 10 heteroatoms. The molecule has 0 aliphatic carbocycles. The van der Waals surface area contributed by atoms with Crippen LogP contribution in [0.1, 0.15) is 24.3 Å². The zero-order valence-electron chi connectivity index (χ0n) is 12.2. The van der Waals surface area contributed by atoms with Gasteiger partial charge in [-0.3, -0.25) is 14.3 Å². The van der Waals surface area contributed by atoms with Gasteiger partial charge in [-0.05, 0) is 0 Å². The molecular weight excluding hydrogens is 487 g/mol. The lowest BCUT2D eigenvalue weighted by molar-refractivity contribution is -0.0462. The fraction of sp³-hybridized carbons (Fsp3) is 0.692. The molecule has 2 rings (SSSR count). The van der Waals surface area contributed by atoms with E-state index in [1.807, 2.05) is 0 Å². The molecule has 130 valence electrons. The van der Waals surface area contributed by atoms with Gasteiger partial charge in [0.05, 0.1) is 31.0 Å². The summed E-state index contributed by atoms with van der Waals surface area (Å²) in [6.07, 6.45) is -1.23. The second-order valence-electron chi connectivity index (χ2n) is 5.07. The van der Waals surface area contributed by atoms with E-state index >= 15 is 0 Å². The quantitative estimate of drug-likeness (QED) is 0.357. The van der Waals surface area contributed by atoms with Crippen molar-refractivity contribution in [2.45, 2.75) is 31.0 Å². The summed E-state index contributed by atoms with van der Waals surface area (Å²) in [6, 6.07) is 0. The molecule has 0 aromatic carbocycles. The zero-order valence-corrected chi connectivity index (χ0v) is 15.9. The van der Waals surface area contributed by atoms with Crippen LogP contribution in [0.3, 0.4) is 0 Å². The van der Waals surface area contributed by atoms with Crippen LogP contribution in [-0.4, -0.2) is 54.9 Å². The van der Waals surface area contributed by atoms with E-state index in [9.17, 15) is 14.7 Å². The number of aromatic amines is 1. The minimum atomic E-state index is -0.864. The van der Waals surface area contributed by atoms with Crippen molar-refractivity contribution < 1.29 is 19.7 Å². The molecule has 0 spiro atoms. The minimum absolute atomic E-state index is 0.160. The van der Waals surface area contributed by atoms with Crippen LogP contribution in [0.4, 0.5) is 0 Å². The third-order valence-electron chi connectivity index (χ3n) is 3.57. The highest BCUT2D eigenvalue weighted by Gasteiger charge is 2.35. The minimum Gasteiger partial charge on any atom is -0.394 e. The van der Waals surface area contributed by atoms with Crippen molar-refractivity contribution in [1.82, 2.24) is 9.55 Å². The van der Waals surface area contributed by atoms with Crippen LogP contribution in [0.5, 0.6) is 0 Å². The summed E-state index contributed by atoms with van der Waals surface area (Å²) >= 11 is 5.36. The van der Waals surface area contributed by atoms with E-state index in [-0.39, 0.29) is 13.0 Å². The number of alkyl halides is 2. The first-order chi connectivity index (χ1) is 11.0. The van der Waals surface area contributed by atoms with Crippen LogP contribution in [-0.2, 0) is 9.47 Å². The topological polar surface area (TPSA) is 114 Å². The molecule has 2 heterocycles. The molecule has 4 atom stereocenters. The number of hydrogen-bond donors (Lipinski definition) is 3. The van der Waals surface area contributed by atoms with E-state index < -0.39 is 35.8 Å². The number of nitrogens with zero attached hydrogens (tertiary/aromatic N) is 1. The summed E-state index contributed by atoms with van der Waals surface area (Å²) < 4.78 is 12.8. The first-order valence-electron chi connectivity index (χ1n) is 7.05. The Balaban J connectivity index is 2.33. The molecule has 1 unspecified atom stereocenters. The number of aromatic nitrogens is 2. The van der Waals surface area contributed by atoms with Crippen LogP contribution >= 0.6 is 38.5 Å². The molecular formula is C13H18BrIN2O6. The van der Waals surface area contributed by atoms with Crippen LogP contribution in [0.2, 0.25) is 0 Å². The largest absolute Gasteiger partial charge is 0.394 e. The van der Waals surface area contributed by atoms with Gasteiger partial charge in [-0.2, -0.15) is 0 Å². The molecule has 1 aliphatic heterocycles. The standard InChI is InChI=1S/C13H18BrIN2O6/c14-1-2-22-9(4-15)7-5-17(13(21)16-12(7)20)11-3-8(19)10(6-18)23-11/h5,8-11,18-19H,1-4,6H2,(H,16,20,21)/t8-,9?,10+,11+/m0/s1. The molecule has 1 aromatic heterocycles. The first kappa shape index (κ1) is 19.1. The summed E-state index contributed by atoms with van der Waals surface area (Å²) in [5.74, 6) is 0. The van der Waals surface area contributed by atoms with Crippen molar-refractivity contribution in [2.24, 2.45) is 0 Å². The van der Waals surface area contributed by atoms with Gasteiger partial charge in [0, 0.05) is 22.4 Å². The van der Waals surface area contributed by atoms with Gasteiger partial charge in [0.2, 0.25) is 0 Å². The van der Waals surface area contributed by atoms with Crippen LogP contribution in [0, 0.1) is 0 Å². The van der Waals surface area contributed by atoms with Crippen LogP contribution in [0.15, 0.2) is 15.8 Å². The van der Waals surface area contributed by atoms with Gasteiger partial charge in [-0.25, -0.2) is 4.79 Å². The fourth-order valence-corrected chi connectivity index (χ4v) is 3.31. The molecule has 0 bridgehead atoms. The van der Waals surface area contributed by atoms with Gasteiger partial charge in [-0.1, -0.05) is 38.5 Å². The predicted molar refractivity (Wildman–Crippen MR) is 94.3 cm³/mol. The van der Waals surface area contributed by atoms with Crippen molar-refractivity contribution in [3.8, 4) is 0 Å². The fourth-order valence-electron chi connectivity index (χ4n) is 2.40. The molecule has 0 radical (unpaired) electrons. The van der Waals surface area contributed by atoms with Crippen molar-refractivity contribution in [2.75, 3.05) is 23.0 Å². The lowest BCUT2D eigenvalue weighted by Crippen LogP contribution is -2.35. The Labute approximate surface area is 154 Å². The van der Waals surface area contributed by atoms with E-state index in [0.717, 1.165) is 0 Å². The third-order valence-corrected chi connectivity index (χ3v) is 4.70. The van der Waals surface area contributed by atoms with Gasteiger partial charge in [0.1, 0.15) is 12.3 Å². The number of aliphatic hydroxyl groups excluding tert-OH is 2. The Morgan fingerprint density at radius 1 is 1.57 bits per heavy atom. The lowest BCUT2D eigenvalue weighted by Gasteiger charge is -2.18. The Hall–Kier alpha value is -0.270. The third kappa shape index (κ3) is 4.42. The molecule has 8 nitrogen and oxygen atoms in total. The van der Waals surface area contributed by atoms with E-state index in [1.54, 1.807) is 0 Å². The number of rotatable bonds is 7. The number of hydrogen-bond acceptors (Lipinski definition) is 6. The van der Waals surface area contributed by atoms with Crippen molar-refractivity contribution in [3.63, 3.8) is 0 Å². The molecule has 0 saturated carbocycles. The second kappa shape index (κ2) is 8.72. The highest BCUT2D eigenvalue weighted by Crippen LogP contribution is 2.28. The molecule has 23 heavy (non-hydrogen) atoms. The first-order valence-corrected chi connectivity index (χ1v) is 9.69. The highest BCUT2D eigenvalue weighted by atomic mass is 127. The normalized spacial score (nSPS) is 25.7. The van der Waals surface area contributed by atoms with Gasteiger partial charge in [0.15, 0.2) is 0 Å². The number of ether oxygens (including phenoxy) is 2. The summed E-state index contributed by atoms with van der Waals surface area (Å²) in [7, 11) is 0. The van der Waals surface area contributed by atoms with Gasteiger partial charge >= 0.3 is 5.69 Å². The van der Waals surface area contributed by atoms with E-state index in [0.29, 0.717) is 21.9 Å². The number of aliphatic hydroxyl groups is 2. The molecule has 3 N–H and O–H groups in total. The zero-order chi connectivity index (χ0) is 17.0. The Morgan fingerprint density at radius 2 is 2.30 bits per heavy atom. The molecule has 0 amide bonds. The van der Waals surface area contributed by atoms with E-state index in [4.69, 9.17) is 14.6 Å². The smallest absolute Gasteiger partial charge is 0.330 e. The Kier molecular flexibility index (Phi) is 7.22. The average Bonchev–Trinajstić information content (AvgIpc) is 2.90. The van der Waals surface area contributed by atoms with Gasteiger partial charge in [0.25, 0.3) is 5.56 Å². The SMILES string of the molecule is O=c1[nH]c(=O)n([C@H]2C[C@H](O)[C@@H](CO)O2)cc1C(CI)OCCBr. The van der Waals surface area contributed by atoms with E-state index in [1.165, 1.54) is 10.8 Å². The Morgan fingerprint density at radius 3 is 2.87 bits per heavy atom. The number of H-pyrrole nitrogens is 1. The van der Waals surface area contributed by atoms with Gasteiger partial charge < -0.3 is 19.7 Å². The van der Waals surface area contributed by atoms with Crippen LogP contribution < -0.4 is 11.2 Å². The van der Waals surface area contributed by atoms with Crippen molar-refractivity contribution >= 4 is 38.5 Å². The van der Waals surface area contributed by atoms with Crippen molar-refractivity contribution in [3.05, 3.63) is 32.6 Å². The number of halogens is 2. The molecule has 1 fully saturated rings. The second-order valence-corrected chi connectivity index (χ2v) is 6.74. The van der Waals surface area contributed by atoms with Gasteiger partial charge in [-0.15, -0.1) is 0 Å². The lowest BCUT2D eigenvalue weighted by atomic mass is 10.2. The Bertz CT molecular complexity index is 636. The summed E-state index contributed by atoms with van der Waals surface area (Å²) in [4.78, 5) is 26.4. The van der Waals surface area contributed by atoms with Crippen molar-refractivity contribution in [1.29, 1.82) is 0 Å².